The highest BCUT2D eigenvalue weighted by atomic mass is 16.2. The van der Waals surface area contributed by atoms with Crippen LogP contribution in [-0.2, 0) is 9.59 Å². The Morgan fingerprint density at radius 2 is 1.83 bits per heavy atom. The van der Waals surface area contributed by atoms with Gasteiger partial charge in [-0.3, -0.25) is 9.59 Å². The maximum absolute atomic E-state index is 12.2. The van der Waals surface area contributed by atoms with E-state index >= 15 is 0 Å². The molecular weight excluding hydrogens is 288 g/mol. The Kier molecular flexibility index (Phi) is 7.11. The summed E-state index contributed by atoms with van der Waals surface area (Å²) >= 11 is 0. The molecule has 1 fully saturated rings. The molecule has 2 rings (SSSR count). The van der Waals surface area contributed by atoms with Crippen LogP contribution in [0.25, 0.3) is 0 Å². The molecule has 1 aromatic rings. The Labute approximate surface area is 139 Å². The fourth-order valence-electron chi connectivity index (χ4n) is 3.22. The average Bonchev–Trinajstić information content (AvgIpc) is 2.61. The molecule has 1 aliphatic carbocycles. The third-order valence-electron chi connectivity index (χ3n) is 4.51. The second-order valence-electron chi connectivity index (χ2n) is 6.37. The molecule has 1 aliphatic rings. The SMILES string of the molecule is CCCC(NC(=O)CNC(=O)C1CCCCC1)c1ccccc1. The van der Waals surface area contributed by atoms with Gasteiger partial charge in [0.1, 0.15) is 0 Å². The second kappa shape index (κ2) is 9.33. The third-order valence-corrected chi connectivity index (χ3v) is 4.51. The molecule has 0 heterocycles. The molecule has 2 amide bonds. The van der Waals surface area contributed by atoms with Crippen molar-refractivity contribution in [2.45, 2.75) is 57.9 Å². The van der Waals surface area contributed by atoms with E-state index in [1.165, 1.54) is 6.42 Å². The largest absolute Gasteiger partial charge is 0.348 e. The van der Waals surface area contributed by atoms with Gasteiger partial charge >= 0.3 is 0 Å². The lowest BCUT2D eigenvalue weighted by atomic mass is 9.89. The number of hydrogen-bond donors (Lipinski definition) is 2. The van der Waals surface area contributed by atoms with Crippen molar-refractivity contribution in [3.05, 3.63) is 35.9 Å². The van der Waals surface area contributed by atoms with Crippen LogP contribution in [0.5, 0.6) is 0 Å². The molecule has 0 aromatic heterocycles. The van der Waals surface area contributed by atoms with Crippen LogP contribution in [0.1, 0.15) is 63.5 Å². The van der Waals surface area contributed by atoms with E-state index in [2.05, 4.69) is 17.6 Å². The molecule has 23 heavy (non-hydrogen) atoms. The molecule has 0 spiro atoms. The zero-order valence-electron chi connectivity index (χ0n) is 14.0. The molecule has 4 nitrogen and oxygen atoms in total. The van der Waals surface area contributed by atoms with Gasteiger partial charge in [0, 0.05) is 5.92 Å². The van der Waals surface area contributed by atoms with Gasteiger partial charge in [0.2, 0.25) is 11.8 Å². The number of rotatable bonds is 7. The average molecular weight is 316 g/mol. The van der Waals surface area contributed by atoms with Gasteiger partial charge in [-0.05, 0) is 24.8 Å². The van der Waals surface area contributed by atoms with Gasteiger partial charge in [-0.2, -0.15) is 0 Å². The van der Waals surface area contributed by atoms with Crippen LogP contribution in [-0.4, -0.2) is 18.4 Å². The van der Waals surface area contributed by atoms with Gasteiger partial charge in [-0.25, -0.2) is 0 Å². The number of amides is 2. The minimum Gasteiger partial charge on any atom is -0.348 e. The molecule has 4 heteroatoms. The number of hydrogen-bond acceptors (Lipinski definition) is 2. The Hall–Kier alpha value is -1.84. The fraction of sp³-hybridized carbons (Fsp3) is 0.579. The van der Waals surface area contributed by atoms with E-state index in [1.54, 1.807) is 0 Å². The Balaban J connectivity index is 1.81. The highest BCUT2D eigenvalue weighted by molar-refractivity contribution is 5.86. The van der Waals surface area contributed by atoms with E-state index in [0.717, 1.165) is 44.1 Å². The molecular formula is C19H28N2O2. The Morgan fingerprint density at radius 3 is 2.48 bits per heavy atom. The number of benzene rings is 1. The molecule has 1 atom stereocenters. The van der Waals surface area contributed by atoms with E-state index in [9.17, 15) is 9.59 Å². The first-order valence-corrected chi connectivity index (χ1v) is 8.82. The molecule has 1 saturated carbocycles. The summed E-state index contributed by atoms with van der Waals surface area (Å²) in [6.45, 7) is 2.18. The van der Waals surface area contributed by atoms with E-state index < -0.39 is 0 Å². The standard InChI is InChI=1S/C19H28N2O2/c1-2-9-17(15-10-5-3-6-11-15)21-18(22)14-20-19(23)16-12-7-4-8-13-16/h3,5-6,10-11,16-17H,2,4,7-9,12-14H2,1H3,(H,20,23)(H,21,22). The van der Waals surface area contributed by atoms with Crippen molar-refractivity contribution in [2.24, 2.45) is 5.92 Å². The minimum atomic E-state index is -0.114. The van der Waals surface area contributed by atoms with Crippen molar-refractivity contribution in [1.29, 1.82) is 0 Å². The molecule has 0 aliphatic heterocycles. The second-order valence-corrected chi connectivity index (χ2v) is 6.37. The highest BCUT2D eigenvalue weighted by Gasteiger charge is 2.21. The van der Waals surface area contributed by atoms with Crippen LogP contribution < -0.4 is 10.6 Å². The van der Waals surface area contributed by atoms with Crippen molar-refractivity contribution < 1.29 is 9.59 Å². The maximum atomic E-state index is 12.2. The predicted octanol–water partition coefficient (Wildman–Crippen LogP) is 3.34. The van der Waals surface area contributed by atoms with E-state index in [4.69, 9.17) is 0 Å². The number of nitrogens with one attached hydrogen (secondary N) is 2. The first-order chi connectivity index (χ1) is 11.2. The Morgan fingerprint density at radius 1 is 1.13 bits per heavy atom. The topological polar surface area (TPSA) is 58.2 Å². The van der Waals surface area contributed by atoms with E-state index in [0.29, 0.717) is 0 Å². The zero-order chi connectivity index (χ0) is 16.5. The van der Waals surface area contributed by atoms with Crippen LogP contribution in [0.15, 0.2) is 30.3 Å². The van der Waals surface area contributed by atoms with Crippen LogP contribution in [0.4, 0.5) is 0 Å². The van der Waals surface area contributed by atoms with Crippen molar-refractivity contribution in [1.82, 2.24) is 10.6 Å². The lowest BCUT2D eigenvalue weighted by molar-refractivity contribution is -0.129. The molecule has 1 aromatic carbocycles. The van der Waals surface area contributed by atoms with Crippen molar-refractivity contribution in [3.8, 4) is 0 Å². The molecule has 0 saturated heterocycles. The first kappa shape index (κ1) is 17.5. The lowest BCUT2D eigenvalue weighted by Gasteiger charge is -2.22. The van der Waals surface area contributed by atoms with Crippen LogP contribution in [0, 0.1) is 5.92 Å². The molecule has 2 N–H and O–H groups in total. The van der Waals surface area contributed by atoms with E-state index in [-0.39, 0.29) is 30.3 Å². The summed E-state index contributed by atoms with van der Waals surface area (Å²) in [6.07, 6.45) is 7.26. The summed E-state index contributed by atoms with van der Waals surface area (Å²) in [5, 5.41) is 5.84. The normalized spacial score (nSPS) is 16.6. The summed E-state index contributed by atoms with van der Waals surface area (Å²) < 4.78 is 0. The van der Waals surface area contributed by atoms with E-state index in [1.807, 2.05) is 30.3 Å². The summed E-state index contributed by atoms with van der Waals surface area (Å²) in [4.78, 5) is 24.3. The summed E-state index contributed by atoms with van der Waals surface area (Å²) in [7, 11) is 0. The van der Waals surface area contributed by atoms with Crippen molar-refractivity contribution in [2.75, 3.05) is 6.54 Å². The monoisotopic (exact) mass is 316 g/mol. The molecule has 0 bridgehead atoms. The lowest BCUT2D eigenvalue weighted by Crippen LogP contribution is -2.41. The summed E-state index contributed by atoms with van der Waals surface area (Å²) in [6, 6.07) is 10.0. The molecule has 1 unspecified atom stereocenters. The quantitative estimate of drug-likeness (QED) is 0.810. The first-order valence-electron chi connectivity index (χ1n) is 8.82. The van der Waals surface area contributed by atoms with Crippen LogP contribution >= 0.6 is 0 Å². The van der Waals surface area contributed by atoms with Crippen molar-refractivity contribution >= 4 is 11.8 Å². The smallest absolute Gasteiger partial charge is 0.239 e. The van der Waals surface area contributed by atoms with Gasteiger partial charge in [-0.1, -0.05) is 62.9 Å². The van der Waals surface area contributed by atoms with Gasteiger partial charge in [0.05, 0.1) is 12.6 Å². The van der Waals surface area contributed by atoms with Crippen LogP contribution in [0.2, 0.25) is 0 Å². The summed E-state index contributed by atoms with van der Waals surface area (Å²) in [5.41, 5.74) is 1.11. The maximum Gasteiger partial charge on any atom is 0.239 e. The minimum absolute atomic E-state index is 0.0142. The number of carbonyl (C=O) groups excluding carboxylic acids is 2. The predicted molar refractivity (Wildman–Crippen MR) is 91.8 cm³/mol. The van der Waals surface area contributed by atoms with Gasteiger partial charge in [-0.15, -0.1) is 0 Å². The fourth-order valence-corrected chi connectivity index (χ4v) is 3.22. The van der Waals surface area contributed by atoms with Gasteiger partial charge in [0.15, 0.2) is 0 Å². The highest BCUT2D eigenvalue weighted by Crippen LogP contribution is 2.23. The Bertz CT molecular complexity index is 495. The summed E-state index contributed by atoms with van der Waals surface area (Å²) in [5.74, 6) is 0.0141. The van der Waals surface area contributed by atoms with Crippen molar-refractivity contribution in [3.63, 3.8) is 0 Å². The molecule has 126 valence electrons. The molecule has 0 radical (unpaired) electrons. The van der Waals surface area contributed by atoms with Gasteiger partial charge < -0.3 is 10.6 Å². The zero-order valence-corrected chi connectivity index (χ0v) is 14.0. The third kappa shape index (κ3) is 5.70. The van der Waals surface area contributed by atoms with Gasteiger partial charge in [0.25, 0.3) is 0 Å². The van der Waals surface area contributed by atoms with Crippen LogP contribution in [0.3, 0.4) is 0 Å². The number of carbonyl (C=O) groups is 2.